The fourth-order valence-electron chi connectivity index (χ4n) is 1.63. The van der Waals surface area contributed by atoms with Crippen molar-refractivity contribution in [2.75, 3.05) is 6.61 Å². The fourth-order valence-corrected chi connectivity index (χ4v) is 1.63. The molecule has 1 unspecified atom stereocenters. The molecule has 0 aromatic carbocycles. The Morgan fingerprint density at radius 1 is 1.26 bits per heavy atom. The van der Waals surface area contributed by atoms with E-state index >= 15 is 0 Å². The Bertz CT molecular complexity index is 309. The van der Waals surface area contributed by atoms with Gasteiger partial charge < -0.3 is 14.9 Å². The van der Waals surface area contributed by atoms with E-state index < -0.39 is 17.9 Å². The Kier molecular flexibility index (Phi) is 9.57. The first kappa shape index (κ1) is 17.5. The third-order valence-corrected chi connectivity index (χ3v) is 2.91. The molecule has 110 valence electrons. The number of carbonyl (C=O) groups is 2. The fraction of sp³-hybridized carbons (Fsp3) is 0.714. The molecule has 19 heavy (non-hydrogen) atoms. The number of rotatable bonds is 11. The molecule has 0 bridgehead atoms. The van der Waals surface area contributed by atoms with Crippen LogP contribution in [0, 0.1) is 5.92 Å². The van der Waals surface area contributed by atoms with Crippen LogP contribution in [-0.2, 0) is 14.3 Å². The van der Waals surface area contributed by atoms with E-state index in [4.69, 9.17) is 14.9 Å². The quantitative estimate of drug-likeness (QED) is 0.446. The predicted octanol–water partition coefficient (Wildman–Crippen LogP) is 3.05. The van der Waals surface area contributed by atoms with Gasteiger partial charge in [0.2, 0.25) is 0 Å². The zero-order valence-electron chi connectivity index (χ0n) is 11.7. The zero-order chi connectivity index (χ0) is 14.7. The topological polar surface area (TPSA) is 83.8 Å². The summed E-state index contributed by atoms with van der Waals surface area (Å²) in [5.41, 5.74) is 1.20. The molecule has 5 nitrogen and oxygen atoms in total. The number of carboxylic acid groups (broad SMARTS) is 2. The molecule has 0 rings (SSSR count). The second-order valence-electron chi connectivity index (χ2n) is 4.53. The largest absolute Gasteiger partial charge is 0.501 e. The highest BCUT2D eigenvalue weighted by Gasteiger charge is 2.20. The van der Waals surface area contributed by atoms with Crippen molar-refractivity contribution in [3.05, 3.63) is 11.8 Å². The van der Waals surface area contributed by atoms with Gasteiger partial charge in [0.05, 0.1) is 25.2 Å². The van der Waals surface area contributed by atoms with Crippen LogP contribution in [0.1, 0.15) is 52.4 Å². The van der Waals surface area contributed by atoms with Gasteiger partial charge in [-0.3, -0.25) is 9.59 Å². The Morgan fingerprint density at radius 3 is 2.42 bits per heavy atom. The molecule has 0 radical (unpaired) electrons. The Hall–Kier alpha value is -1.52. The lowest BCUT2D eigenvalue weighted by Crippen LogP contribution is -2.19. The predicted molar refractivity (Wildman–Crippen MR) is 71.8 cm³/mol. The van der Waals surface area contributed by atoms with Gasteiger partial charge in [-0.05, 0) is 31.3 Å². The average Bonchev–Trinajstić information content (AvgIpc) is 2.35. The number of allylic oxidation sites excluding steroid dienone is 1. The van der Waals surface area contributed by atoms with Gasteiger partial charge in [-0.1, -0.05) is 20.3 Å². The van der Waals surface area contributed by atoms with E-state index in [1.165, 1.54) is 5.57 Å². The molecule has 0 fully saturated rings. The standard InChI is InChI=1S/C14H24O5/c1-3-5-6-11(4-2)10-19-8-7-12(14(17)18)9-13(15)16/h10,12H,3-9H2,1-2H3,(H,15,16)(H,17,18). The van der Waals surface area contributed by atoms with Crippen molar-refractivity contribution < 1.29 is 24.5 Å². The molecule has 1 atom stereocenters. The highest BCUT2D eigenvalue weighted by Crippen LogP contribution is 2.13. The monoisotopic (exact) mass is 272 g/mol. The van der Waals surface area contributed by atoms with E-state index in [2.05, 4.69) is 13.8 Å². The smallest absolute Gasteiger partial charge is 0.307 e. The maximum absolute atomic E-state index is 10.8. The van der Waals surface area contributed by atoms with Crippen molar-refractivity contribution in [1.29, 1.82) is 0 Å². The molecule has 0 aliphatic rings. The summed E-state index contributed by atoms with van der Waals surface area (Å²) in [6.45, 7) is 4.41. The number of ether oxygens (including phenoxy) is 1. The second kappa shape index (κ2) is 10.4. The summed E-state index contributed by atoms with van der Waals surface area (Å²) in [5, 5.41) is 17.5. The molecule has 2 N–H and O–H groups in total. The summed E-state index contributed by atoms with van der Waals surface area (Å²) in [5.74, 6) is -3.07. The molecule has 0 aliphatic heterocycles. The molecule has 0 aliphatic carbocycles. The lowest BCUT2D eigenvalue weighted by molar-refractivity contribution is -0.148. The molecule has 0 aromatic heterocycles. The third kappa shape index (κ3) is 9.11. The Morgan fingerprint density at radius 2 is 1.95 bits per heavy atom. The van der Waals surface area contributed by atoms with Gasteiger partial charge in [-0.2, -0.15) is 0 Å². The lowest BCUT2D eigenvalue weighted by Gasteiger charge is -2.10. The number of aliphatic carboxylic acids is 2. The lowest BCUT2D eigenvalue weighted by atomic mass is 10.0. The van der Waals surface area contributed by atoms with Gasteiger partial charge in [0.15, 0.2) is 0 Å². The first-order chi connectivity index (χ1) is 9.01. The van der Waals surface area contributed by atoms with E-state index in [1.807, 2.05) is 0 Å². The van der Waals surface area contributed by atoms with Crippen molar-refractivity contribution in [1.82, 2.24) is 0 Å². The first-order valence-electron chi connectivity index (χ1n) is 6.75. The van der Waals surface area contributed by atoms with Gasteiger partial charge in [-0.25, -0.2) is 0 Å². The second-order valence-corrected chi connectivity index (χ2v) is 4.53. The molecule has 0 spiro atoms. The van der Waals surface area contributed by atoms with Crippen LogP contribution in [0.5, 0.6) is 0 Å². The molecule has 0 aromatic rings. The van der Waals surface area contributed by atoms with Crippen LogP contribution in [-0.4, -0.2) is 28.8 Å². The van der Waals surface area contributed by atoms with Gasteiger partial charge in [-0.15, -0.1) is 0 Å². The van der Waals surface area contributed by atoms with Crippen LogP contribution < -0.4 is 0 Å². The Balaban J connectivity index is 4.06. The first-order valence-corrected chi connectivity index (χ1v) is 6.75. The highest BCUT2D eigenvalue weighted by atomic mass is 16.5. The zero-order valence-corrected chi connectivity index (χ0v) is 11.7. The average molecular weight is 272 g/mol. The van der Waals surface area contributed by atoms with Gasteiger partial charge >= 0.3 is 11.9 Å². The summed E-state index contributed by atoms with van der Waals surface area (Å²) in [6, 6.07) is 0. The molecule has 0 saturated heterocycles. The van der Waals surface area contributed by atoms with E-state index in [0.717, 1.165) is 25.7 Å². The van der Waals surface area contributed by atoms with E-state index in [9.17, 15) is 9.59 Å². The van der Waals surface area contributed by atoms with Crippen LogP contribution in [0.3, 0.4) is 0 Å². The maximum atomic E-state index is 10.8. The van der Waals surface area contributed by atoms with Crippen LogP contribution in [0.2, 0.25) is 0 Å². The van der Waals surface area contributed by atoms with Gasteiger partial charge in [0.25, 0.3) is 0 Å². The summed E-state index contributed by atoms with van der Waals surface area (Å²) < 4.78 is 5.33. The summed E-state index contributed by atoms with van der Waals surface area (Å²) >= 11 is 0. The van der Waals surface area contributed by atoms with E-state index in [1.54, 1.807) is 6.26 Å². The normalized spacial score (nSPS) is 13.1. The summed E-state index contributed by atoms with van der Waals surface area (Å²) in [7, 11) is 0. The van der Waals surface area contributed by atoms with Crippen molar-refractivity contribution in [2.24, 2.45) is 5.92 Å². The van der Waals surface area contributed by atoms with Gasteiger partial charge in [0, 0.05) is 0 Å². The van der Waals surface area contributed by atoms with Crippen LogP contribution in [0.15, 0.2) is 11.8 Å². The van der Waals surface area contributed by atoms with Gasteiger partial charge in [0.1, 0.15) is 0 Å². The number of carboxylic acids is 2. The number of unbranched alkanes of at least 4 members (excludes halogenated alkanes) is 1. The molecule has 0 amide bonds. The van der Waals surface area contributed by atoms with E-state index in [0.29, 0.717) is 0 Å². The minimum Gasteiger partial charge on any atom is -0.501 e. The highest BCUT2D eigenvalue weighted by molar-refractivity contribution is 5.77. The van der Waals surface area contributed by atoms with Crippen molar-refractivity contribution >= 4 is 11.9 Å². The third-order valence-electron chi connectivity index (χ3n) is 2.91. The minimum absolute atomic E-state index is 0.211. The minimum atomic E-state index is -1.10. The van der Waals surface area contributed by atoms with Crippen molar-refractivity contribution in [3.8, 4) is 0 Å². The molecule has 0 heterocycles. The van der Waals surface area contributed by atoms with Crippen molar-refractivity contribution in [2.45, 2.75) is 52.4 Å². The molecule has 0 saturated carbocycles. The molecular weight excluding hydrogens is 248 g/mol. The summed E-state index contributed by atoms with van der Waals surface area (Å²) in [4.78, 5) is 21.3. The molecule has 5 heteroatoms. The number of hydrogen-bond acceptors (Lipinski definition) is 3. The van der Waals surface area contributed by atoms with Crippen molar-refractivity contribution in [3.63, 3.8) is 0 Å². The van der Waals surface area contributed by atoms with Crippen LogP contribution in [0.4, 0.5) is 0 Å². The maximum Gasteiger partial charge on any atom is 0.307 e. The number of hydrogen-bond donors (Lipinski definition) is 2. The summed E-state index contributed by atoms with van der Waals surface area (Å²) in [6.07, 6.45) is 5.68. The van der Waals surface area contributed by atoms with E-state index in [-0.39, 0.29) is 19.4 Å². The Labute approximate surface area is 114 Å². The van der Waals surface area contributed by atoms with Crippen LogP contribution >= 0.6 is 0 Å². The molecular formula is C14H24O5. The van der Waals surface area contributed by atoms with Crippen LogP contribution in [0.25, 0.3) is 0 Å². The SMILES string of the molecule is CCCCC(=COCCC(CC(=O)O)C(=O)O)CC.